The third kappa shape index (κ3) is 3.55. The Kier molecular flexibility index (Phi) is 5.15. The van der Waals surface area contributed by atoms with E-state index in [-0.39, 0.29) is 11.0 Å². The molecule has 3 nitrogen and oxygen atoms in total. The van der Waals surface area contributed by atoms with Crippen LogP contribution in [0.2, 0.25) is 18.1 Å². The van der Waals surface area contributed by atoms with E-state index in [4.69, 9.17) is 9.16 Å². The van der Waals surface area contributed by atoms with Gasteiger partial charge in [0.15, 0.2) is 14.6 Å². The molecule has 0 heterocycles. The van der Waals surface area contributed by atoms with Gasteiger partial charge in [0.25, 0.3) is 0 Å². The molecule has 110 valence electrons. The van der Waals surface area contributed by atoms with Crippen molar-refractivity contribution in [2.45, 2.75) is 64.0 Å². The Hall–Kier alpha value is -0.453. The first kappa shape index (κ1) is 16.6. The number of ether oxygens (including phenoxy) is 1. The number of carbonyl (C=O) groups is 1. The fourth-order valence-corrected chi connectivity index (χ4v) is 3.51. The van der Waals surface area contributed by atoms with Crippen molar-refractivity contribution in [3.63, 3.8) is 0 Å². The topological polar surface area (TPSA) is 35.5 Å². The second-order valence-electron chi connectivity index (χ2n) is 6.87. The number of carbonyl (C=O) groups excluding carboxylic acids is 1. The zero-order valence-corrected chi connectivity index (χ0v) is 14.2. The van der Waals surface area contributed by atoms with Gasteiger partial charge in [-0.25, -0.2) is 0 Å². The molecular weight excluding hydrogens is 256 g/mol. The molecule has 0 aromatic carbocycles. The average Bonchev–Trinajstić information content (AvgIpc) is 2.36. The molecular formula is C15H28O3Si. The number of methoxy groups -OCH3 is 1. The summed E-state index contributed by atoms with van der Waals surface area (Å²) >= 11 is 0. The normalized spacial score (nSPS) is 24.0. The molecule has 0 spiro atoms. The fraction of sp³-hybridized carbons (Fsp3) is 0.800. The van der Waals surface area contributed by atoms with Crippen molar-refractivity contribution in [2.75, 3.05) is 7.11 Å². The number of rotatable bonds is 5. The Morgan fingerprint density at radius 2 is 1.95 bits per heavy atom. The van der Waals surface area contributed by atoms with Crippen LogP contribution >= 0.6 is 0 Å². The summed E-state index contributed by atoms with van der Waals surface area (Å²) in [5, 5.41) is 0.0537. The molecule has 1 rings (SSSR count). The van der Waals surface area contributed by atoms with Crippen LogP contribution in [0.5, 0.6) is 0 Å². The van der Waals surface area contributed by atoms with Crippen LogP contribution in [0.1, 0.15) is 40.0 Å². The lowest BCUT2D eigenvalue weighted by molar-refractivity contribution is -0.191. The van der Waals surface area contributed by atoms with E-state index in [1.54, 1.807) is 7.11 Å². The van der Waals surface area contributed by atoms with Gasteiger partial charge in [0, 0.05) is 13.0 Å². The van der Waals surface area contributed by atoms with E-state index in [0.717, 1.165) is 25.5 Å². The first-order valence-electron chi connectivity index (χ1n) is 7.07. The molecule has 1 aliphatic rings. The minimum atomic E-state index is -2.06. The van der Waals surface area contributed by atoms with Crippen molar-refractivity contribution < 1.29 is 14.0 Å². The zero-order chi connectivity index (χ0) is 14.7. The molecule has 1 aliphatic carbocycles. The van der Waals surface area contributed by atoms with Crippen LogP contribution in [0.15, 0.2) is 12.2 Å². The van der Waals surface area contributed by atoms with Gasteiger partial charge in [-0.3, -0.25) is 4.79 Å². The second-order valence-corrected chi connectivity index (χ2v) is 11.6. The van der Waals surface area contributed by atoms with E-state index in [1.807, 2.05) is 0 Å². The molecule has 2 unspecified atom stereocenters. The van der Waals surface area contributed by atoms with Crippen LogP contribution < -0.4 is 0 Å². The predicted octanol–water partition coefficient (Wildman–Crippen LogP) is 3.91. The molecule has 0 saturated heterocycles. The van der Waals surface area contributed by atoms with E-state index in [1.165, 1.54) is 0 Å². The van der Waals surface area contributed by atoms with Gasteiger partial charge in [0.1, 0.15) is 0 Å². The molecule has 0 saturated carbocycles. The molecule has 0 radical (unpaired) electrons. The summed E-state index contributed by atoms with van der Waals surface area (Å²) in [7, 11) is -0.483. The van der Waals surface area contributed by atoms with Gasteiger partial charge in [-0.05, 0) is 37.4 Å². The maximum Gasteiger partial charge on any atom is 0.222 e. The highest BCUT2D eigenvalue weighted by molar-refractivity contribution is 6.74. The number of allylic oxidation sites excluding steroid dienone is 1. The highest BCUT2D eigenvalue weighted by Crippen LogP contribution is 2.42. The third-order valence-electron chi connectivity index (χ3n) is 4.48. The Balaban J connectivity index is 3.03. The number of hydrogen-bond acceptors (Lipinski definition) is 3. The predicted molar refractivity (Wildman–Crippen MR) is 80.6 cm³/mol. The third-order valence-corrected chi connectivity index (χ3v) is 8.92. The summed E-state index contributed by atoms with van der Waals surface area (Å²) in [6.07, 6.45) is 8.16. The van der Waals surface area contributed by atoms with Gasteiger partial charge in [-0.15, -0.1) is 0 Å². The van der Waals surface area contributed by atoms with Crippen molar-refractivity contribution in [3.05, 3.63) is 12.2 Å². The van der Waals surface area contributed by atoms with Gasteiger partial charge in [-0.1, -0.05) is 32.9 Å². The van der Waals surface area contributed by atoms with Gasteiger partial charge in [0.05, 0.1) is 0 Å². The first-order chi connectivity index (χ1) is 8.68. The lowest BCUT2D eigenvalue weighted by Crippen LogP contribution is -2.55. The Morgan fingerprint density at radius 1 is 1.32 bits per heavy atom. The monoisotopic (exact) mass is 284 g/mol. The van der Waals surface area contributed by atoms with Crippen LogP contribution in [0, 0.1) is 5.92 Å². The van der Waals surface area contributed by atoms with Crippen LogP contribution in [0.4, 0.5) is 0 Å². The minimum Gasteiger partial charge on any atom is -0.384 e. The summed E-state index contributed by atoms with van der Waals surface area (Å²) in [5.74, 6) is -1.09. The highest BCUT2D eigenvalue weighted by Gasteiger charge is 2.48. The molecule has 0 amide bonds. The fourth-order valence-electron chi connectivity index (χ4n) is 2.13. The van der Waals surface area contributed by atoms with Crippen molar-refractivity contribution in [2.24, 2.45) is 5.92 Å². The van der Waals surface area contributed by atoms with Crippen molar-refractivity contribution in [3.8, 4) is 0 Å². The SMILES string of the molecule is COC(C=O)(O[Si](C)(C)C(C)(C)C)C1C=CCCC1. The summed E-state index contributed by atoms with van der Waals surface area (Å²) in [4.78, 5) is 11.7. The van der Waals surface area contributed by atoms with E-state index in [2.05, 4.69) is 46.0 Å². The molecule has 0 aliphatic heterocycles. The number of hydrogen-bond donors (Lipinski definition) is 0. The molecule has 4 heteroatoms. The molecule has 0 aromatic heterocycles. The van der Waals surface area contributed by atoms with Crippen LogP contribution in [-0.4, -0.2) is 27.5 Å². The average molecular weight is 284 g/mol. The van der Waals surface area contributed by atoms with Crippen LogP contribution in [-0.2, 0) is 14.0 Å². The van der Waals surface area contributed by atoms with Crippen LogP contribution in [0.3, 0.4) is 0 Å². The number of aldehydes is 1. The lowest BCUT2D eigenvalue weighted by atomic mass is 9.89. The quantitative estimate of drug-likeness (QED) is 0.332. The van der Waals surface area contributed by atoms with Gasteiger partial charge in [0.2, 0.25) is 5.79 Å². The van der Waals surface area contributed by atoms with Crippen LogP contribution in [0.25, 0.3) is 0 Å². The van der Waals surface area contributed by atoms with Crippen molar-refractivity contribution in [1.82, 2.24) is 0 Å². The molecule has 0 bridgehead atoms. The molecule has 2 atom stereocenters. The Morgan fingerprint density at radius 3 is 2.32 bits per heavy atom. The van der Waals surface area contributed by atoms with E-state index in [0.29, 0.717) is 0 Å². The van der Waals surface area contributed by atoms with E-state index >= 15 is 0 Å². The standard InChI is InChI=1S/C15H28O3Si/c1-14(2,3)19(5,6)18-15(12-16,17-4)13-10-8-7-9-11-13/h8,10,12-13H,7,9,11H2,1-6H3. The largest absolute Gasteiger partial charge is 0.384 e. The molecule has 19 heavy (non-hydrogen) atoms. The summed E-state index contributed by atoms with van der Waals surface area (Å²) in [5.41, 5.74) is 0. The smallest absolute Gasteiger partial charge is 0.222 e. The summed E-state index contributed by atoms with van der Waals surface area (Å²) < 4.78 is 11.9. The van der Waals surface area contributed by atoms with Gasteiger partial charge >= 0.3 is 0 Å². The molecule has 0 N–H and O–H groups in total. The first-order valence-corrected chi connectivity index (χ1v) is 9.98. The van der Waals surface area contributed by atoms with E-state index in [9.17, 15) is 4.79 Å². The van der Waals surface area contributed by atoms with Crippen molar-refractivity contribution >= 4 is 14.6 Å². The highest BCUT2D eigenvalue weighted by atomic mass is 28.4. The Bertz CT molecular complexity index is 344. The van der Waals surface area contributed by atoms with Gasteiger partial charge in [-0.2, -0.15) is 0 Å². The van der Waals surface area contributed by atoms with Crippen molar-refractivity contribution in [1.29, 1.82) is 0 Å². The molecule has 0 fully saturated rings. The molecule has 0 aromatic rings. The zero-order valence-electron chi connectivity index (χ0n) is 13.2. The minimum absolute atomic E-state index is 0.0258. The lowest BCUT2D eigenvalue weighted by Gasteiger charge is -2.45. The summed E-state index contributed by atoms with van der Waals surface area (Å²) in [6.45, 7) is 10.8. The second kappa shape index (κ2) is 5.90. The maximum absolute atomic E-state index is 11.7. The summed E-state index contributed by atoms with van der Waals surface area (Å²) in [6, 6.07) is 0. The van der Waals surface area contributed by atoms with E-state index < -0.39 is 14.1 Å². The van der Waals surface area contributed by atoms with Gasteiger partial charge < -0.3 is 9.16 Å². The Labute approximate surface area is 118 Å². The maximum atomic E-state index is 11.7.